The van der Waals surface area contributed by atoms with E-state index in [1.807, 2.05) is 50.2 Å². The molecule has 1 heterocycles. The van der Waals surface area contributed by atoms with Crippen LogP contribution in [0.25, 0.3) is 0 Å². The molecule has 0 aromatic heterocycles. The van der Waals surface area contributed by atoms with E-state index in [9.17, 15) is 9.59 Å². The molecule has 2 aromatic rings. The van der Waals surface area contributed by atoms with Crippen molar-refractivity contribution in [3.05, 3.63) is 66.2 Å². The highest BCUT2D eigenvalue weighted by Gasteiger charge is 2.51. The Kier molecular flexibility index (Phi) is 7.04. The molecule has 5 nitrogen and oxygen atoms in total. The number of esters is 1. The van der Waals surface area contributed by atoms with Crippen molar-refractivity contribution in [2.75, 3.05) is 24.6 Å². The number of likely N-dealkylation sites (tertiary alicyclic amines) is 1. The maximum absolute atomic E-state index is 13.2. The minimum absolute atomic E-state index is 0.0456. The summed E-state index contributed by atoms with van der Waals surface area (Å²) in [6.45, 7) is 6.52. The molecule has 1 amide bonds. The van der Waals surface area contributed by atoms with Gasteiger partial charge in [0.2, 0.25) is 5.91 Å². The van der Waals surface area contributed by atoms with Crippen LogP contribution >= 0.6 is 0 Å². The number of quaternary nitrogens is 1. The molecule has 0 unspecified atom stereocenters. The van der Waals surface area contributed by atoms with Crippen LogP contribution in [0, 0.1) is 0 Å². The molecule has 5 heteroatoms. The fraction of sp³-hybridized carbons (Fsp3) is 0.417. The Morgan fingerprint density at radius 3 is 2.10 bits per heavy atom. The molecule has 1 saturated heterocycles. The van der Waals surface area contributed by atoms with Gasteiger partial charge in [0, 0.05) is 30.5 Å². The van der Waals surface area contributed by atoms with Gasteiger partial charge >= 0.3 is 5.97 Å². The zero-order valence-corrected chi connectivity index (χ0v) is 17.4. The minimum atomic E-state index is -0.940. The van der Waals surface area contributed by atoms with Crippen LogP contribution in [0.2, 0.25) is 0 Å². The van der Waals surface area contributed by atoms with E-state index >= 15 is 0 Å². The van der Waals surface area contributed by atoms with Crippen molar-refractivity contribution in [2.45, 2.75) is 45.2 Å². The number of para-hydroxylation sites is 1. The van der Waals surface area contributed by atoms with Crippen LogP contribution in [0.3, 0.4) is 0 Å². The summed E-state index contributed by atoms with van der Waals surface area (Å²) in [6, 6.07) is 19.9. The zero-order chi connectivity index (χ0) is 20.7. The van der Waals surface area contributed by atoms with E-state index in [-0.39, 0.29) is 11.9 Å². The van der Waals surface area contributed by atoms with Gasteiger partial charge in [-0.15, -0.1) is 0 Å². The van der Waals surface area contributed by atoms with Crippen LogP contribution in [-0.2, 0) is 20.9 Å². The Hall–Kier alpha value is -2.66. The number of piperidine rings is 1. The third kappa shape index (κ3) is 4.67. The van der Waals surface area contributed by atoms with E-state index < -0.39 is 5.54 Å². The second kappa shape index (κ2) is 9.70. The smallest absolute Gasteiger partial charge is 0.332 e. The zero-order valence-electron chi connectivity index (χ0n) is 17.4. The molecule has 2 aromatic carbocycles. The van der Waals surface area contributed by atoms with Gasteiger partial charge in [-0.25, -0.2) is 4.79 Å². The predicted octanol–water partition coefficient (Wildman–Crippen LogP) is 2.61. The van der Waals surface area contributed by atoms with Crippen LogP contribution in [0.1, 0.15) is 38.7 Å². The fourth-order valence-corrected chi connectivity index (χ4v) is 4.23. The van der Waals surface area contributed by atoms with E-state index in [0.29, 0.717) is 25.9 Å². The summed E-state index contributed by atoms with van der Waals surface area (Å²) in [5.74, 6) is -0.333. The average Bonchev–Trinajstić information content (AvgIpc) is 2.76. The van der Waals surface area contributed by atoms with E-state index in [1.165, 1.54) is 10.5 Å². The number of carbonyl (C=O) groups is 2. The molecule has 1 aliphatic rings. The fourth-order valence-electron chi connectivity index (χ4n) is 4.23. The number of carbonyl (C=O) groups excluding carboxylic acids is 2. The maximum atomic E-state index is 13.2. The van der Waals surface area contributed by atoms with Crippen molar-refractivity contribution in [2.24, 2.45) is 0 Å². The molecule has 0 aliphatic carbocycles. The van der Waals surface area contributed by atoms with Crippen LogP contribution in [0.5, 0.6) is 0 Å². The lowest BCUT2D eigenvalue weighted by Gasteiger charge is -2.45. The normalized spacial score (nSPS) is 21.4. The van der Waals surface area contributed by atoms with Gasteiger partial charge in [-0.05, 0) is 19.1 Å². The first-order valence-corrected chi connectivity index (χ1v) is 10.5. The molecule has 0 atom stereocenters. The number of anilines is 1. The largest absolute Gasteiger partial charge is 0.464 e. The molecule has 0 spiro atoms. The molecule has 0 bridgehead atoms. The van der Waals surface area contributed by atoms with Crippen molar-refractivity contribution < 1.29 is 19.2 Å². The lowest BCUT2D eigenvalue weighted by Crippen LogP contribution is -3.12. The first-order valence-electron chi connectivity index (χ1n) is 10.5. The third-order valence-corrected chi connectivity index (χ3v) is 5.73. The number of nitrogens with zero attached hydrogens (tertiary/aromatic N) is 1. The number of amides is 1. The van der Waals surface area contributed by atoms with Gasteiger partial charge in [0.15, 0.2) is 5.54 Å². The van der Waals surface area contributed by atoms with Crippen molar-refractivity contribution in [3.8, 4) is 0 Å². The quantitative estimate of drug-likeness (QED) is 0.734. The average molecular weight is 396 g/mol. The van der Waals surface area contributed by atoms with Crippen molar-refractivity contribution in [1.29, 1.82) is 0 Å². The molecule has 29 heavy (non-hydrogen) atoms. The van der Waals surface area contributed by atoms with Crippen LogP contribution in [-0.4, -0.2) is 37.1 Å². The highest BCUT2D eigenvalue weighted by Crippen LogP contribution is 2.33. The maximum Gasteiger partial charge on any atom is 0.332 e. The van der Waals surface area contributed by atoms with Gasteiger partial charge < -0.3 is 9.64 Å². The van der Waals surface area contributed by atoms with Crippen LogP contribution < -0.4 is 9.80 Å². The molecule has 1 fully saturated rings. The molecule has 1 N–H and O–H groups in total. The van der Waals surface area contributed by atoms with Crippen molar-refractivity contribution in [3.63, 3.8) is 0 Å². The monoisotopic (exact) mass is 395 g/mol. The van der Waals surface area contributed by atoms with Crippen LogP contribution in [0.15, 0.2) is 60.7 Å². The molecule has 154 valence electrons. The molecule has 3 rings (SSSR count). The van der Waals surface area contributed by atoms with E-state index in [2.05, 4.69) is 24.3 Å². The Morgan fingerprint density at radius 2 is 1.55 bits per heavy atom. The standard InChI is InChI=1S/C24H30N2O3/c1-3-22(27)26(21-13-9-6-10-14-21)24(23(28)29-4-2)15-17-25(18-16-24)19-20-11-7-5-8-12-20/h5-14H,3-4,15-19H2,1-2H3/p+1. The van der Waals surface area contributed by atoms with Gasteiger partial charge in [-0.3, -0.25) is 9.69 Å². The van der Waals surface area contributed by atoms with Crippen molar-refractivity contribution in [1.82, 2.24) is 0 Å². The number of nitrogens with one attached hydrogen (secondary N) is 1. The second-order valence-electron chi connectivity index (χ2n) is 7.58. The SMILES string of the molecule is CCOC(=O)C1(N(C(=O)CC)c2ccccc2)CC[NH+](Cc2ccccc2)CC1. The number of rotatable bonds is 7. The van der Waals surface area contributed by atoms with Gasteiger partial charge in [0.25, 0.3) is 0 Å². The molecular weight excluding hydrogens is 364 g/mol. The van der Waals surface area contributed by atoms with E-state index in [4.69, 9.17) is 4.74 Å². The summed E-state index contributed by atoms with van der Waals surface area (Å²) < 4.78 is 5.49. The number of hydrogen-bond acceptors (Lipinski definition) is 3. The lowest BCUT2D eigenvalue weighted by molar-refractivity contribution is -0.919. The van der Waals surface area contributed by atoms with Gasteiger partial charge in [0.1, 0.15) is 6.54 Å². The van der Waals surface area contributed by atoms with E-state index in [1.54, 1.807) is 4.90 Å². The Labute approximate surface area is 173 Å². The summed E-state index contributed by atoms with van der Waals surface area (Å²) in [7, 11) is 0. The Bertz CT molecular complexity index is 799. The molecule has 1 aliphatic heterocycles. The van der Waals surface area contributed by atoms with Gasteiger partial charge in [-0.2, -0.15) is 0 Å². The van der Waals surface area contributed by atoms with Crippen LogP contribution in [0.4, 0.5) is 5.69 Å². The minimum Gasteiger partial charge on any atom is -0.464 e. The Morgan fingerprint density at radius 1 is 0.966 bits per heavy atom. The summed E-state index contributed by atoms with van der Waals surface area (Å²) in [5.41, 5.74) is 1.11. The summed E-state index contributed by atoms with van der Waals surface area (Å²) in [6.07, 6.45) is 1.53. The Balaban J connectivity index is 1.88. The van der Waals surface area contributed by atoms with Gasteiger partial charge in [0.05, 0.1) is 19.7 Å². The molecular formula is C24H31N2O3+. The highest BCUT2D eigenvalue weighted by molar-refractivity contribution is 6.02. The van der Waals surface area contributed by atoms with Gasteiger partial charge in [-0.1, -0.05) is 55.5 Å². The first kappa shape index (κ1) is 21.1. The second-order valence-corrected chi connectivity index (χ2v) is 7.58. The molecule has 0 radical (unpaired) electrons. The number of ether oxygens (including phenoxy) is 1. The highest BCUT2D eigenvalue weighted by atomic mass is 16.5. The van der Waals surface area contributed by atoms with Crippen molar-refractivity contribution >= 4 is 17.6 Å². The summed E-state index contributed by atoms with van der Waals surface area (Å²) in [4.78, 5) is 29.3. The first-order chi connectivity index (χ1) is 14.1. The lowest BCUT2D eigenvalue weighted by atomic mass is 9.84. The number of hydrogen-bond donors (Lipinski definition) is 1. The van der Waals surface area contributed by atoms with E-state index in [0.717, 1.165) is 25.3 Å². The third-order valence-electron chi connectivity index (χ3n) is 5.73. The number of benzene rings is 2. The predicted molar refractivity (Wildman–Crippen MR) is 114 cm³/mol. The topological polar surface area (TPSA) is 51.0 Å². The summed E-state index contributed by atoms with van der Waals surface area (Å²) in [5, 5.41) is 0. The summed E-state index contributed by atoms with van der Waals surface area (Å²) >= 11 is 0. The molecule has 0 saturated carbocycles.